The second kappa shape index (κ2) is 7.12. The van der Waals surface area contributed by atoms with Gasteiger partial charge in [0.25, 0.3) is 0 Å². The first-order valence-corrected chi connectivity index (χ1v) is 5.79. The van der Waals surface area contributed by atoms with Crippen molar-refractivity contribution in [3.63, 3.8) is 0 Å². The summed E-state index contributed by atoms with van der Waals surface area (Å²) in [6.45, 7) is 0.624. The molecular formula is C13H15F3N2O2. The molecule has 0 aliphatic rings. The minimum absolute atomic E-state index is 0.273. The summed E-state index contributed by atoms with van der Waals surface area (Å²) in [6, 6.07) is 5.01. The SMILES string of the molecule is COCC(CNc1ccc(C#N)c(C(F)(F)F)c1)OC. The van der Waals surface area contributed by atoms with E-state index in [1.165, 1.54) is 26.4 Å². The largest absolute Gasteiger partial charge is 0.417 e. The Morgan fingerprint density at radius 1 is 1.35 bits per heavy atom. The van der Waals surface area contributed by atoms with Gasteiger partial charge in [-0.3, -0.25) is 0 Å². The van der Waals surface area contributed by atoms with Crippen LogP contribution in [0.3, 0.4) is 0 Å². The molecule has 4 nitrogen and oxygen atoms in total. The zero-order valence-electron chi connectivity index (χ0n) is 11.1. The van der Waals surface area contributed by atoms with E-state index in [9.17, 15) is 13.2 Å². The Balaban J connectivity index is 2.85. The molecule has 0 radical (unpaired) electrons. The van der Waals surface area contributed by atoms with Crippen molar-refractivity contribution >= 4 is 5.69 Å². The Bertz CT molecular complexity index is 483. The lowest BCUT2D eigenvalue weighted by Gasteiger charge is -2.17. The molecule has 0 spiro atoms. The molecule has 1 N–H and O–H groups in total. The molecule has 0 saturated heterocycles. The standard InChI is InChI=1S/C13H15F3N2O2/c1-19-8-11(20-2)7-18-10-4-3-9(6-17)12(5-10)13(14,15)16/h3-5,11,18H,7-8H2,1-2H3. The van der Waals surface area contributed by atoms with E-state index in [1.807, 2.05) is 0 Å². The van der Waals surface area contributed by atoms with E-state index in [2.05, 4.69) is 5.32 Å². The van der Waals surface area contributed by atoms with Crippen LogP contribution in [-0.4, -0.2) is 33.5 Å². The molecule has 7 heteroatoms. The van der Waals surface area contributed by atoms with Crippen molar-refractivity contribution in [2.45, 2.75) is 12.3 Å². The van der Waals surface area contributed by atoms with Crippen molar-refractivity contribution in [1.82, 2.24) is 0 Å². The average molecular weight is 288 g/mol. The summed E-state index contributed by atoms with van der Waals surface area (Å²) in [4.78, 5) is 0. The molecule has 1 rings (SSSR count). The molecule has 1 atom stereocenters. The third-order valence-corrected chi connectivity index (χ3v) is 2.67. The van der Waals surface area contributed by atoms with Gasteiger partial charge in [0.1, 0.15) is 0 Å². The molecule has 0 heterocycles. The summed E-state index contributed by atoms with van der Waals surface area (Å²) in [5, 5.41) is 11.5. The number of nitriles is 1. The van der Waals surface area contributed by atoms with Gasteiger partial charge >= 0.3 is 6.18 Å². The van der Waals surface area contributed by atoms with Gasteiger partial charge < -0.3 is 14.8 Å². The number of methoxy groups -OCH3 is 2. The number of ether oxygens (including phenoxy) is 2. The monoisotopic (exact) mass is 288 g/mol. The van der Waals surface area contributed by atoms with E-state index in [-0.39, 0.29) is 11.8 Å². The highest BCUT2D eigenvalue weighted by Gasteiger charge is 2.33. The average Bonchev–Trinajstić information content (AvgIpc) is 2.42. The summed E-state index contributed by atoms with van der Waals surface area (Å²) in [6.07, 6.45) is -4.83. The van der Waals surface area contributed by atoms with Crippen molar-refractivity contribution in [3.8, 4) is 6.07 Å². The third kappa shape index (κ3) is 4.40. The first-order valence-electron chi connectivity index (χ1n) is 5.79. The lowest BCUT2D eigenvalue weighted by atomic mass is 10.1. The summed E-state index contributed by atoms with van der Waals surface area (Å²) < 4.78 is 48.3. The molecule has 0 saturated carbocycles. The molecule has 20 heavy (non-hydrogen) atoms. The number of anilines is 1. The molecule has 1 unspecified atom stereocenters. The fourth-order valence-electron chi connectivity index (χ4n) is 1.61. The maximum absolute atomic E-state index is 12.8. The molecule has 0 aliphatic carbocycles. The van der Waals surface area contributed by atoms with Gasteiger partial charge in [0.15, 0.2) is 0 Å². The van der Waals surface area contributed by atoms with Crippen molar-refractivity contribution in [1.29, 1.82) is 5.26 Å². The molecule has 110 valence electrons. The highest BCUT2D eigenvalue weighted by Crippen LogP contribution is 2.33. The highest BCUT2D eigenvalue weighted by atomic mass is 19.4. The zero-order chi connectivity index (χ0) is 15.2. The van der Waals surface area contributed by atoms with Crippen LogP contribution in [0.25, 0.3) is 0 Å². The summed E-state index contributed by atoms with van der Waals surface area (Å²) in [7, 11) is 3.00. The van der Waals surface area contributed by atoms with Gasteiger partial charge in [-0.1, -0.05) is 0 Å². The van der Waals surface area contributed by atoms with Crippen LogP contribution in [0, 0.1) is 11.3 Å². The molecule has 0 amide bonds. The topological polar surface area (TPSA) is 54.3 Å². The quantitative estimate of drug-likeness (QED) is 0.874. The summed E-state index contributed by atoms with van der Waals surface area (Å²) in [5.74, 6) is 0. The second-order valence-corrected chi connectivity index (χ2v) is 4.06. The number of alkyl halides is 3. The first-order chi connectivity index (χ1) is 9.42. The van der Waals surface area contributed by atoms with Gasteiger partial charge in [-0.05, 0) is 18.2 Å². The minimum Gasteiger partial charge on any atom is -0.382 e. The van der Waals surface area contributed by atoms with E-state index < -0.39 is 17.3 Å². The van der Waals surface area contributed by atoms with Crippen LogP contribution in [-0.2, 0) is 15.7 Å². The number of halogens is 3. The van der Waals surface area contributed by atoms with E-state index in [1.54, 1.807) is 0 Å². The predicted molar refractivity (Wildman–Crippen MR) is 67.3 cm³/mol. The van der Waals surface area contributed by atoms with Gasteiger partial charge in [-0.15, -0.1) is 0 Å². The summed E-state index contributed by atoms with van der Waals surface area (Å²) >= 11 is 0. The van der Waals surface area contributed by atoms with Crippen LogP contribution in [0.5, 0.6) is 0 Å². The first kappa shape index (κ1) is 16.3. The minimum atomic E-state index is -4.56. The second-order valence-electron chi connectivity index (χ2n) is 4.06. The number of nitrogens with one attached hydrogen (secondary N) is 1. The Kier molecular flexibility index (Phi) is 5.80. The van der Waals surface area contributed by atoms with Crippen LogP contribution in [0.2, 0.25) is 0 Å². The van der Waals surface area contributed by atoms with Crippen LogP contribution in [0.1, 0.15) is 11.1 Å². The van der Waals surface area contributed by atoms with Gasteiger partial charge in [-0.2, -0.15) is 18.4 Å². The molecule has 0 bridgehead atoms. The van der Waals surface area contributed by atoms with Crippen LogP contribution in [0.15, 0.2) is 18.2 Å². The fraction of sp³-hybridized carbons (Fsp3) is 0.462. The maximum atomic E-state index is 12.8. The number of benzene rings is 1. The third-order valence-electron chi connectivity index (χ3n) is 2.67. The normalized spacial score (nSPS) is 12.8. The summed E-state index contributed by atoms with van der Waals surface area (Å²) in [5.41, 5.74) is -1.08. The van der Waals surface area contributed by atoms with Crippen LogP contribution >= 0.6 is 0 Å². The smallest absolute Gasteiger partial charge is 0.382 e. The van der Waals surface area contributed by atoms with Crippen LogP contribution in [0.4, 0.5) is 18.9 Å². The Labute approximate surface area is 115 Å². The van der Waals surface area contributed by atoms with Crippen molar-refractivity contribution in [2.24, 2.45) is 0 Å². The predicted octanol–water partition coefficient (Wildman–Crippen LogP) is 2.65. The Morgan fingerprint density at radius 2 is 2.05 bits per heavy atom. The molecule has 0 aliphatic heterocycles. The number of rotatable bonds is 6. The van der Waals surface area contributed by atoms with Gasteiger partial charge in [-0.25, -0.2) is 0 Å². The van der Waals surface area contributed by atoms with Crippen molar-refractivity contribution in [2.75, 3.05) is 32.7 Å². The van der Waals surface area contributed by atoms with Crippen LogP contribution < -0.4 is 5.32 Å². The van der Waals surface area contributed by atoms with E-state index in [4.69, 9.17) is 14.7 Å². The highest BCUT2D eigenvalue weighted by molar-refractivity contribution is 5.53. The lowest BCUT2D eigenvalue weighted by molar-refractivity contribution is -0.137. The van der Waals surface area contributed by atoms with Gasteiger partial charge in [0, 0.05) is 26.5 Å². The molecule has 0 fully saturated rings. The van der Waals surface area contributed by atoms with Crippen molar-refractivity contribution < 1.29 is 22.6 Å². The van der Waals surface area contributed by atoms with Crippen molar-refractivity contribution in [3.05, 3.63) is 29.3 Å². The molecular weight excluding hydrogens is 273 g/mol. The van der Waals surface area contributed by atoms with Gasteiger partial charge in [0.05, 0.1) is 29.9 Å². The number of hydrogen-bond donors (Lipinski definition) is 1. The molecule has 1 aromatic carbocycles. The Hall–Kier alpha value is -1.78. The molecule has 1 aromatic rings. The van der Waals surface area contributed by atoms with E-state index in [0.717, 1.165) is 12.1 Å². The van der Waals surface area contributed by atoms with E-state index in [0.29, 0.717) is 13.2 Å². The van der Waals surface area contributed by atoms with E-state index >= 15 is 0 Å². The Morgan fingerprint density at radius 3 is 2.55 bits per heavy atom. The van der Waals surface area contributed by atoms with Gasteiger partial charge in [0.2, 0.25) is 0 Å². The fourth-order valence-corrected chi connectivity index (χ4v) is 1.61. The zero-order valence-corrected chi connectivity index (χ0v) is 11.1. The lowest BCUT2D eigenvalue weighted by Crippen LogP contribution is -2.26. The number of hydrogen-bond acceptors (Lipinski definition) is 4. The number of nitrogens with zero attached hydrogens (tertiary/aromatic N) is 1. The molecule has 0 aromatic heterocycles. The maximum Gasteiger partial charge on any atom is 0.417 e.